The summed E-state index contributed by atoms with van der Waals surface area (Å²) in [5.74, 6) is -0.425. The van der Waals surface area contributed by atoms with Crippen LogP contribution in [-0.4, -0.2) is 87.8 Å². The van der Waals surface area contributed by atoms with Crippen molar-refractivity contribution in [1.29, 1.82) is 0 Å². The number of nitrogens with one attached hydrogen (secondary N) is 1. The van der Waals surface area contributed by atoms with Crippen LogP contribution in [0.4, 0.5) is 29.3 Å². The number of alkyl halides is 3. The molecule has 0 bridgehead atoms. The fourth-order valence-corrected chi connectivity index (χ4v) is 4.66. The van der Waals surface area contributed by atoms with E-state index in [0.29, 0.717) is 44.1 Å². The van der Waals surface area contributed by atoms with E-state index in [1.54, 1.807) is 25.7 Å². The smallest absolute Gasteiger partial charge is 0.444 e. The van der Waals surface area contributed by atoms with Crippen LogP contribution in [0.2, 0.25) is 0 Å². The molecule has 2 fully saturated rings. The van der Waals surface area contributed by atoms with Crippen molar-refractivity contribution in [3.63, 3.8) is 0 Å². The number of hydrogen-bond acceptors (Lipinski definition) is 8. The second kappa shape index (κ2) is 10.9. The third-order valence-corrected chi connectivity index (χ3v) is 7.04. The third kappa shape index (κ3) is 7.31. The van der Waals surface area contributed by atoms with Crippen molar-refractivity contribution in [3.8, 4) is 5.75 Å². The molecule has 0 radical (unpaired) electrons. The molecular formula is C23H35F3N4O5S. The summed E-state index contributed by atoms with van der Waals surface area (Å²) >= 11 is 0. The number of ether oxygens (including phenoxy) is 1. The number of halogens is 3. The number of amides is 1. The van der Waals surface area contributed by atoms with E-state index in [0.717, 1.165) is 38.0 Å². The van der Waals surface area contributed by atoms with E-state index in [1.807, 2.05) is 11.8 Å². The minimum absolute atomic E-state index is 0.345. The Bertz CT molecular complexity index is 1030. The maximum atomic E-state index is 13.0. The molecule has 3 rings (SSSR count). The molecule has 2 saturated heterocycles. The van der Waals surface area contributed by atoms with E-state index < -0.39 is 33.1 Å². The third-order valence-electron chi connectivity index (χ3n) is 6.06. The van der Waals surface area contributed by atoms with Gasteiger partial charge in [-0.2, -0.15) is 21.6 Å². The zero-order chi connectivity index (χ0) is 26.7. The number of likely N-dealkylation sites (tertiary alicyclic amines) is 1. The first kappa shape index (κ1) is 28.2. The normalized spacial score (nSPS) is 17.9. The molecule has 1 amide bonds. The lowest BCUT2D eigenvalue weighted by Crippen LogP contribution is -2.50. The number of benzene rings is 1. The van der Waals surface area contributed by atoms with Crippen molar-refractivity contribution in [3.05, 3.63) is 17.7 Å². The molecule has 204 valence electrons. The van der Waals surface area contributed by atoms with Gasteiger partial charge in [0.2, 0.25) is 0 Å². The number of hydrogen-bond donors (Lipinski definition) is 1. The monoisotopic (exact) mass is 536 g/mol. The van der Waals surface area contributed by atoms with Crippen molar-refractivity contribution in [1.82, 2.24) is 9.80 Å². The van der Waals surface area contributed by atoms with Gasteiger partial charge in [0.25, 0.3) is 0 Å². The van der Waals surface area contributed by atoms with Gasteiger partial charge >= 0.3 is 21.7 Å². The van der Waals surface area contributed by atoms with Crippen LogP contribution in [0.5, 0.6) is 5.75 Å². The second-order valence-electron chi connectivity index (χ2n) is 10.0. The summed E-state index contributed by atoms with van der Waals surface area (Å²) in [6, 6.07) is 2.58. The molecule has 0 aromatic heterocycles. The topological polar surface area (TPSA) is 91.4 Å². The van der Waals surface area contributed by atoms with Crippen LogP contribution in [-0.2, 0) is 14.9 Å². The second-order valence-corrected chi connectivity index (χ2v) is 11.6. The van der Waals surface area contributed by atoms with Gasteiger partial charge in [-0.1, -0.05) is 0 Å². The van der Waals surface area contributed by atoms with Crippen LogP contribution < -0.4 is 14.4 Å². The van der Waals surface area contributed by atoms with Crippen LogP contribution in [0, 0.1) is 6.92 Å². The molecule has 9 nitrogen and oxygen atoms in total. The molecule has 36 heavy (non-hydrogen) atoms. The quantitative estimate of drug-likeness (QED) is 0.416. The van der Waals surface area contributed by atoms with Gasteiger partial charge in [0.05, 0.1) is 0 Å². The number of anilines is 2. The maximum absolute atomic E-state index is 13.0. The van der Waals surface area contributed by atoms with E-state index in [-0.39, 0.29) is 0 Å². The average Bonchev–Trinajstić information content (AvgIpc) is 3.27. The molecule has 1 N–H and O–H groups in total. The largest absolute Gasteiger partial charge is 0.534 e. The van der Waals surface area contributed by atoms with Crippen LogP contribution in [0.1, 0.15) is 39.2 Å². The number of carbonyl (C=O) groups is 1. The highest BCUT2D eigenvalue weighted by Crippen LogP contribution is 2.36. The number of rotatable bonds is 7. The predicted octanol–water partition coefficient (Wildman–Crippen LogP) is 3.79. The van der Waals surface area contributed by atoms with Gasteiger partial charge in [-0.05, 0) is 59.2 Å². The van der Waals surface area contributed by atoms with E-state index in [9.17, 15) is 26.4 Å². The minimum Gasteiger partial charge on any atom is -0.444 e. The molecular weight excluding hydrogens is 501 g/mol. The highest BCUT2D eigenvalue weighted by molar-refractivity contribution is 7.88. The zero-order valence-corrected chi connectivity index (χ0v) is 22.0. The SMILES string of the molecule is Cc1c(NCCN2CCCC2)cc(OS(=O)(=O)C(F)(F)F)cc1N1CCN(C(=O)OC(C)(C)C)CC1. The van der Waals surface area contributed by atoms with Crippen molar-refractivity contribution >= 4 is 27.6 Å². The first-order valence-electron chi connectivity index (χ1n) is 12.0. The Kier molecular flexibility index (Phi) is 8.54. The van der Waals surface area contributed by atoms with Crippen LogP contribution in [0.25, 0.3) is 0 Å². The van der Waals surface area contributed by atoms with E-state index in [1.165, 1.54) is 12.1 Å². The van der Waals surface area contributed by atoms with Crippen LogP contribution in [0.3, 0.4) is 0 Å². The Labute approximate surface area is 210 Å². The van der Waals surface area contributed by atoms with Crippen molar-refractivity contribution in [2.75, 3.05) is 62.6 Å². The molecule has 13 heteroatoms. The Hall–Kier alpha value is -2.41. The molecule has 0 unspecified atom stereocenters. The van der Waals surface area contributed by atoms with Gasteiger partial charge in [-0.15, -0.1) is 0 Å². The van der Waals surface area contributed by atoms with Crippen molar-refractivity contribution in [2.24, 2.45) is 0 Å². The minimum atomic E-state index is -5.82. The lowest BCUT2D eigenvalue weighted by Gasteiger charge is -2.37. The molecule has 1 aromatic rings. The van der Waals surface area contributed by atoms with Gasteiger partial charge in [-0.25, -0.2) is 4.79 Å². The van der Waals surface area contributed by atoms with Gasteiger partial charge < -0.3 is 28.9 Å². The van der Waals surface area contributed by atoms with Crippen molar-refractivity contribution in [2.45, 2.75) is 51.6 Å². The standard InChI is InChI=1S/C23H35F3N4O5S/c1-17-19(27-7-10-28-8-5-6-9-28)15-18(35-36(32,33)23(24,25)26)16-20(17)29-11-13-30(14-12-29)21(31)34-22(2,3)4/h15-16,27H,5-14H2,1-4H3. The summed E-state index contributed by atoms with van der Waals surface area (Å²) in [6.07, 6.45) is 1.84. The molecule has 0 aliphatic carbocycles. The summed E-state index contributed by atoms with van der Waals surface area (Å²) < 4.78 is 72.2. The van der Waals surface area contributed by atoms with E-state index >= 15 is 0 Å². The molecule has 2 aliphatic rings. The van der Waals surface area contributed by atoms with Gasteiger partial charge in [0, 0.05) is 62.8 Å². The fraction of sp³-hybridized carbons (Fsp3) is 0.696. The summed E-state index contributed by atoms with van der Waals surface area (Å²) in [5.41, 5.74) is -4.39. The maximum Gasteiger partial charge on any atom is 0.534 e. The lowest BCUT2D eigenvalue weighted by molar-refractivity contribution is -0.0500. The summed E-state index contributed by atoms with van der Waals surface area (Å²) in [4.78, 5) is 18.1. The Balaban J connectivity index is 1.79. The van der Waals surface area contributed by atoms with Gasteiger partial charge in [0.15, 0.2) is 0 Å². The van der Waals surface area contributed by atoms with E-state index in [4.69, 9.17) is 4.74 Å². The zero-order valence-electron chi connectivity index (χ0n) is 21.2. The fourth-order valence-electron chi connectivity index (χ4n) is 4.22. The Morgan fingerprint density at radius 3 is 2.19 bits per heavy atom. The number of carbonyl (C=O) groups excluding carboxylic acids is 1. The first-order chi connectivity index (χ1) is 16.7. The highest BCUT2D eigenvalue weighted by atomic mass is 32.2. The predicted molar refractivity (Wildman–Crippen MR) is 131 cm³/mol. The Morgan fingerprint density at radius 1 is 1.03 bits per heavy atom. The van der Waals surface area contributed by atoms with Crippen LogP contribution >= 0.6 is 0 Å². The highest BCUT2D eigenvalue weighted by Gasteiger charge is 2.48. The van der Waals surface area contributed by atoms with Crippen LogP contribution in [0.15, 0.2) is 12.1 Å². The number of nitrogens with zero attached hydrogens (tertiary/aromatic N) is 3. The van der Waals surface area contributed by atoms with Crippen molar-refractivity contribution < 1.29 is 35.3 Å². The summed E-state index contributed by atoms with van der Waals surface area (Å²) in [6.45, 7) is 11.9. The van der Waals surface area contributed by atoms with Gasteiger partial charge in [0.1, 0.15) is 11.4 Å². The molecule has 0 spiro atoms. The molecule has 1 aromatic carbocycles. The summed E-state index contributed by atoms with van der Waals surface area (Å²) in [5, 5.41) is 3.23. The Morgan fingerprint density at radius 2 is 1.64 bits per heavy atom. The summed E-state index contributed by atoms with van der Waals surface area (Å²) in [7, 11) is -5.82. The lowest BCUT2D eigenvalue weighted by atomic mass is 10.1. The molecule has 0 atom stereocenters. The van der Waals surface area contributed by atoms with Gasteiger partial charge in [-0.3, -0.25) is 0 Å². The van der Waals surface area contributed by atoms with E-state index in [2.05, 4.69) is 14.4 Å². The number of piperazine rings is 1. The molecule has 2 aliphatic heterocycles. The average molecular weight is 537 g/mol. The first-order valence-corrected chi connectivity index (χ1v) is 13.4. The molecule has 0 saturated carbocycles. The molecule has 2 heterocycles.